The Hall–Kier alpha value is -2.95. The van der Waals surface area contributed by atoms with Crippen LogP contribution >= 0.6 is 0 Å². The van der Waals surface area contributed by atoms with Crippen molar-refractivity contribution in [3.05, 3.63) is 66.5 Å². The van der Waals surface area contributed by atoms with Crippen LogP contribution in [0.15, 0.2) is 60.8 Å². The molecule has 0 fully saturated rings. The second-order valence-electron chi connectivity index (χ2n) is 5.61. The van der Waals surface area contributed by atoms with Crippen LogP contribution in [0.2, 0.25) is 0 Å². The molecule has 24 heavy (non-hydrogen) atoms. The van der Waals surface area contributed by atoms with Gasteiger partial charge in [-0.3, -0.25) is 9.78 Å². The van der Waals surface area contributed by atoms with E-state index in [4.69, 9.17) is 0 Å². The smallest absolute Gasteiger partial charge is 0.271 e. The highest BCUT2D eigenvalue weighted by atomic mass is 16.1. The predicted octanol–water partition coefficient (Wildman–Crippen LogP) is 2.89. The number of amides is 1. The van der Waals surface area contributed by atoms with Crippen LogP contribution in [0, 0.1) is 0 Å². The molecule has 0 saturated carbocycles. The van der Waals surface area contributed by atoms with E-state index in [0.717, 1.165) is 24.0 Å². The fourth-order valence-corrected chi connectivity index (χ4v) is 2.49. The molecular formula is C19H20N4O. The van der Waals surface area contributed by atoms with Crippen molar-refractivity contribution < 1.29 is 4.79 Å². The summed E-state index contributed by atoms with van der Waals surface area (Å²) in [7, 11) is 2.05. The number of hydrogen-bond donors (Lipinski definition) is 1. The van der Waals surface area contributed by atoms with E-state index in [1.54, 1.807) is 0 Å². The molecule has 0 radical (unpaired) electrons. The van der Waals surface area contributed by atoms with Gasteiger partial charge in [0.25, 0.3) is 5.91 Å². The minimum absolute atomic E-state index is 0.185. The number of nitrogens with one attached hydrogen (secondary N) is 1. The van der Waals surface area contributed by atoms with Crippen LogP contribution in [0.3, 0.4) is 0 Å². The number of carbonyl (C=O) groups is 1. The molecular weight excluding hydrogens is 300 g/mol. The van der Waals surface area contributed by atoms with E-state index in [9.17, 15) is 4.79 Å². The third-order valence-corrected chi connectivity index (χ3v) is 3.83. The van der Waals surface area contributed by atoms with E-state index in [0.29, 0.717) is 12.2 Å². The first-order valence-electron chi connectivity index (χ1n) is 8.00. The fourth-order valence-electron chi connectivity index (χ4n) is 2.49. The number of aromatic nitrogens is 2. The summed E-state index contributed by atoms with van der Waals surface area (Å²) in [4.78, 5) is 23.0. The van der Waals surface area contributed by atoms with Crippen LogP contribution in [0.5, 0.6) is 0 Å². The van der Waals surface area contributed by atoms with Gasteiger partial charge in [0.2, 0.25) is 0 Å². The van der Waals surface area contributed by atoms with Gasteiger partial charge < -0.3 is 10.2 Å². The summed E-state index contributed by atoms with van der Waals surface area (Å²) < 4.78 is 0. The standard InChI is InChI=1S/C19H20N4O/c1-23(15-8-3-2-4-9-15)13-7-12-20-19(24)18-14-21-16-10-5-6-11-17(16)22-18/h2-6,8-11,14H,7,12-13H2,1H3,(H,20,24). The Morgan fingerprint density at radius 2 is 1.75 bits per heavy atom. The van der Waals surface area contributed by atoms with Gasteiger partial charge in [0.1, 0.15) is 5.69 Å². The summed E-state index contributed by atoms with van der Waals surface area (Å²) in [5, 5.41) is 2.90. The summed E-state index contributed by atoms with van der Waals surface area (Å²) in [6, 6.07) is 17.7. The predicted molar refractivity (Wildman–Crippen MR) is 96.2 cm³/mol. The lowest BCUT2D eigenvalue weighted by Crippen LogP contribution is -2.28. The molecule has 0 bridgehead atoms. The third-order valence-electron chi connectivity index (χ3n) is 3.83. The van der Waals surface area contributed by atoms with Crippen LogP contribution in [0.25, 0.3) is 11.0 Å². The van der Waals surface area contributed by atoms with Crippen molar-refractivity contribution in [3.63, 3.8) is 0 Å². The average molecular weight is 320 g/mol. The lowest BCUT2D eigenvalue weighted by molar-refractivity contribution is 0.0948. The van der Waals surface area contributed by atoms with Gasteiger partial charge in [-0.25, -0.2) is 4.98 Å². The van der Waals surface area contributed by atoms with Gasteiger partial charge in [0.15, 0.2) is 0 Å². The Morgan fingerprint density at radius 3 is 2.54 bits per heavy atom. The number of fused-ring (bicyclic) bond motifs is 1. The van der Waals surface area contributed by atoms with Gasteiger partial charge in [-0.05, 0) is 30.7 Å². The largest absolute Gasteiger partial charge is 0.375 e. The topological polar surface area (TPSA) is 58.1 Å². The zero-order valence-corrected chi connectivity index (χ0v) is 13.6. The molecule has 0 aliphatic carbocycles. The molecule has 0 spiro atoms. The first-order valence-corrected chi connectivity index (χ1v) is 8.00. The van der Waals surface area contributed by atoms with E-state index < -0.39 is 0 Å². The molecule has 3 rings (SSSR count). The molecule has 1 amide bonds. The number of anilines is 1. The maximum atomic E-state index is 12.2. The summed E-state index contributed by atoms with van der Waals surface area (Å²) in [6.45, 7) is 1.47. The Kier molecular flexibility index (Phi) is 5.01. The van der Waals surface area contributed by atoms with Crippen LogP contribution < -0.4 is 10.2 Å². The summed E-state index contributed by atoms with van der Waals surface area (Å²) in [5.74, 6) is -0.185. The lowest BCUT2D eigenvalue weighted by atomic mass is 10.2. The number of rotatable bonds is 6. The van der Waals surface area contributed by atoms with Gasteiger partial charge in [0, 0.05) is 25.8 Å². The van der Waals surface area contributed by atoms with Crippen molar-refractivity contribution in [1.82, 2.24) is 15.3 Å². The van der Waals surface area contributed by atoms with Crippen molar-refractivity contribution in [2.75, 3.05) is 25.0 Å². The molecule has 1 N–H and O–H groups in total. The fraction of sp³-hybridized carbons (Fsp3) is 0.211. The van der Waals surface area contributed by atoms with Crippen LogP contribution in [0.1, 0.15) is 16.9 Å². The Morgan fingerprint density at radius 1 is 1.04 bits per heavy atom. The second-order valence-corrected chi connectivity index (χ2v) is 5.61. The van der Waals surface area contributed by atoms with Gasteiger partial charge in [-0.2, -0.15) is 0 Å². The van der Waals surface area contributed by atoms with Crippen molar-refractivity contribution in [3.8, 4) is 0 Å². The SMILES string of the molecule is CN(CCCNC(=O)c1cnc2ccccc2n1)c1ccccc1. The second kappa shape index (κ2) is 7.55. The molecule has 5 heteroatoms. The molecule has 3 aromatic rings. The van der Waals surface area contributed by atoms with Gasteiger partial charge in [-0.15, -0.1) is 0 Å². The number of carbonyl (C=O) groups excluding carboxylic acids is 1. The summed E-state index contributed by atoms with van der Waals surface area (Å²) in [6.07, 6.45) is 2.38. The number of para-hydroxylation sites is 3. The van der Waals surface area contributed by atoms with Crippen LogP contribution in [0.4, 0.5) is 5.69 Å². The number of nitrogens with zero attached hydrogens (tertiary/aromatic N) is 3. The molecule has 1 heterocycles. The molecule has 0 unspecified atom stereocenters. The average Bonchev–Trinajstić information content (AvgIpc) is 2.65. The first-order chi connectivity index (χ1) is 11.7. The molecule has 2 aromatic carbocycles. The normalized spacial score (nSPS) is 10.5. The van der Waals surface area contributed by atoms with Crippen molar-refractivity contribution in [2.24, 2.45) is 0 Å². The van der Waals surface area contributed by atoms with Crippen molar-refractivity contribution in [2.45, 2.75) is 6.42 Å². The van der Waals surface area contributed by atoms with E-state index in [2.05, 4.69) is 32.3 Å². The van der Waals surface area contributed by atoms with Crippen molar-refractivity contribution in [1.29, 1.82) is 0 Å². The van der Waals surface area contributed by atoms with Crippen molar-refractivity contribution >= 4 is 22.6 Å². The van der Waals surface area contributed by atoms with E-state index >= 15 is 0 Å². The minimum Gasteiger partial charge on any atom is -0.375 e. The molecule has 0 aliphatic heterocycles. The maximum Gasteiger partial charge on any atom is 0.271 e. The van der Waals surface area contributed by atoms with Crippen LogP contribution in [-0.2, 0) is 0 Å². The van der Waals surface area contributed by atoms with E-state index in [-0.39, 0.29) is 5.91 Å². The molecule has 1 aromatic heterocycles. The highest BCUT2D eigenvalue weighted by Gasteiger charge is 2.08. The molecule has 5 nitrogen and oxygen atoms in total. The Balaban J connectivity index is 1.50. The molecule has 0 aliphatic rings. The summed E-state index contributed by atoms with van der Waals surface area (Å²) >= 11 is 0. The maximum absolute atomic E-state index is 12.2. The zero-order valence-electron chi connectivity index (χ0n) is 13.6. The minimum atomic E-state index is -0.185. The Labute approximate surface area is 141 Å². The van der Waals surface area contributed by atoms with Gasteiger partial charge in [-0.1, -0.05) is 30.3 Å². The zero-order chi connectivity index (χ0) is 16.8. The molecule has 0 atom stereocenters. The highest BCUT2D eigenvalue weighted by Crippen LogP contribution is 2.11. The third kappa shape index (κ3) is 3.87. The van der Waals surface area contributed by atoms with E-state index in [1.807, 2.05) is 49.5 Å². The van der Waals surface area contributed by atoms with E-state index in [1.165, 1.54) is 11.9 Å². The monoisotopic (exact) mass is 320 g/mol. The molecule has 0 saturated heterocycles. The number of benzene rings is 2. The quantitative estimate of drug-likeness (QED) is 0.710. The molecule has 122 valence electrons. The lowest BCUT2D eigenvalue weighted by Gasteiger charge is -2.19. The van der Waals surface area contributed by atoms with Crippen LogP contribution in [-0.4, -0.2) is 36.0 Å². The van der Waals surface area contributed by atoms with Gasteiger partial charge >= 0.3 is 0 Å². The Bertz CT molecular complexity index is 820. The number of hydrogen-bond acceptors (Lipinski definition) is 4. The highest BCUT2D eigenvalue weighted by molar-refractivity contribution is 5.93. The first kappa shape index (κ1) is 15.9. The van der Waals surface area contributed by atoms with Gasteiger partial charge in [0.05, 0.1) is 17.2 Å². The summed E-state index contributed by atoms with van der Waals surface area (Å²) in [5.41, 5.74) is 3.04.